The summed E-state index contributed by atoms with van der Waals surface area (Å²) in [6.07, 6.45) is 7.30. The lowest BCUT2D eigenvalue weighted by Crippen LogP contribution is -2.57. The number of hydrogen-bond acceptors (Lipinski definition) is 6. The minimum absolute atomic E-state index is 0.0193. The Hall–Kier alpha value is -2.81. The average molecular weight is 465 g/mol. The summed E-state index contributed by atoms with van der Waals surface area (Å²) < 4.78 is 35.3. The van der Waals surface area contributed by atoms with Gasteiger partial charge in [-0.05, 0) is 73.2 Å². The fourth-order valence-corrected chi connectivity index (χ4v) is 6.55. The zero-order chi connectivity index (χ0) is 23.0. The van der Waals surface area contributed by atoms with Crippen molar-refractivity contribution in [1.29, 1.82) is 0 Å². The van der Waals surface area contributed by atoms with E-state index >= 15 is 0 Å². The van der Waals surface area contributed by atoms with Crippen molar-refractivity contribution in [3.8, 4) is 5.75 Å². The van der Waals surface area contributed by atoms with Crippen molar-refractivity contribution in [3.63, 3.8) is 0 Å². The Morgan fingerprint density at radius 3 is 2.79 bits per heavy atom. The van der Waals surface area contributed by atoms with Crippen LogP contribution in [-0.4, -0.2) is 49.5 Å². The molecule has 2 bridgehead atoms. The third-order valence-electron chi connectivity index (χ3n) is 7.05. The Labute approximate surface area is 194 Å². The summed E-state index contributed by atoms with van der Waals surface area (Å²) in [5.41, 5.74) is 1.70. The van der Waals surface area contributed by atoms with Crippen molar-refractivity contribution in [3.05, 3.63) is 73.1 Å². The lowest BCUT2D eigenvalue weighted by atomic mass is 9.73. The van der Waals surface area contributed by atoms with Gasteiger partial charge in [0, 0.05) is 30.4 Å². The van der Waals surface area contributed by atoms with Crippen LogP contribution in [-0.2, 0) is 10.0 Å². The first kappa shape index (κ1) is 22.0. The van der Waals surface area contributed by atoms with Crippen LogP contribution in [0.2, 0.25) is 0 Å². The van der Waals surface area contributed by atoms with E-state index in [0.29, 0.717) is 17.6 Å². The van der Waals surface area contributed by atoms with Crippen molar-refractivity contribution in [2.75, 3.05) is 20.2 Å². The first-order valence-electron chi connectivity index (χ1n) is 11.2. The van der Waals surface area contributed by atoms with E-state index in [1.165, 1.54) is 12.3 Å². The number of nitrogens with zero attached hydrogens (tertiary/aromatic N) is 3. The van der Waals surface area contributed by atoms with E-state index < -0.39 is 16.1 Å². The predicted molar refractivity (Wildman–Crippen MR) is 127 cm³/mol. The third-order valence-corrected chi connectivity index (χ3v) is 8.41. The van der Waals surface area contributed by atoms with Crippen LogP contribution in [0.5, 0.6) is 5.75 Å². The molecule has 5 heterocycles. The zero-order valence-electron chi connectivity index (χ0n) is 18.6. The lowest BCUT2D eigenvalue weighted by Gasteiger charge is -2.51. The fourth-order valence-electron chi connectivity index (χ4n) is 5.35. The second-order valence-corrected chi connectivity index (χ2v) is 10.5. The number of nitrogens with one attached hydrogen (secondary N) is 1. The largest absolute Gasteiger partial charge is 0.497 e. The smallest absolute Gasteiger partial charge is 0.258 e. The Balaban J connectivity index is 1.61. The number of pyridine rings is 2. The molecule has 3 fully saturated rings. The molecule has 3 aromatic rings. The van der Waals surface area contributed by atoms with E-state index in [0.717, 1.165) is 42.4 Å². The van der Waals surface area contributed by atoms with E-state index in [2.05, 4.69) is 26.2 Å². The molecule has 0 amide bonds. The maximum Gasteiger partial charge on any atom is 0.258 e. The molecular formula is C25H28N4O3S. The van der Waals surface area contributed by atoms with Crippen molar-refractivity contribution in [2.45, 2.75) is 30.0 Å². The van der Waals surface area contributed by atoms with Gasteiger partial charge in [-0.15, -0.1) is 6.58 Å². The molecule has 4 unspecified atom stereocenters. The lowest BCUT2D eigenvalue weighted by molar-refractivity contribution is 0.00489. The SMILES string of the molecule is C=CC1CN2CCC1CC2[C@H](NS(=O)(=O)c1ccccn1)c1ccnc2ccc(OC)cc12. The molecule has 5 atom stereocenters. The van der Waals surface area contributed by atoms with Gasteiger partial charge in [0.25, 0.3) is 10.0 Å². The second kappa shape index (κ2) is 8.85. The minimum atomic E-state index is -3.84. The Morgan fingerprint density at radius 2 is 2.09 bits per heavy atom. The number of hydrogen-bond donors (Lipinski definition) is 1. The first-order valence-corrected chi connectivity index (χ1v) is 12.7. The number of piperidine rings is 3. The van der Waals surface area contributed by atoms with Crippen LogP contribution in [0.4, 0.5) is 0 Å². The van der Waals surface area contributed by atoms with Crippen LogP contribution in [0.15, 0.2) is 72.5 Å². The minimum Gasteiger partial charge on any atom is -0.497 e. The number of methoxy groups -OCH3 is 1. The molecule has 7 nitrogen and oxygen atoms in total. The van der Waals surface area contributed by atoms with Crippen LogP contribution >= 0.6 is 0 Å². The number of benzene rings is 1. The van der Waals surface area contributed by atoms with Gasteiger partial charge < -0.3 is 4.74 Å². The predicted octanol–water partition coefficient (Wildman–Crippen LogP) is 3.55. The van der Waals surface area contributed by atoms with Crippen LogP contribution in [0, 0.1) is 11.8 Å². The molecule has 6 rings (SSSR count). The molecule has 3 aliphatic heterocycles. The van der Waals surface area contributed by atoms with Gasteiger partial charge in [0.1, 0.15) is 5.75 Å². The highest BCUT2D eigenvalue weighted by atomic mass is 32.2. The van der Waals surface area contributed by atoms with E-state index in [1.807, 2.05) is 30.3 Å². The van der Waals surface area contributed by atoms with Crippen molar-refractivity contribution in [1.82, 2.24) is 19.6 Å². The molecule has 2 aromatic heterocycles. The number of sulfonamides is 1. The molecule has 0 spiro atoms. The van der Waals surface area contributed by atoms with Gasteiger partial charge in [-0.3, -0.25) is 9.88 Å². The summed E-state index contributed by atoms with van der Waals surface area (Å²) in [7, 11) is -2.21. The summed E-state index contributed by atoms with van der Waals surface area (Å²) in [6.45, 7) is 5.87. The Bertz CT molecular complexity index is 1270. The van der Waals surface area contributed by atoms with Gasteiger partial charge in [0.05, 0.1) is 18.7 Å². The summed E-state index contributed by atoms with van der Waals surface area (Å²) in [5, 5.41) is 0.902. The summed E-state index contributed by atoms with van der Waals surface area (Å²) >= 11 is 0. The molecule has 33 heavy (non-hydrogen) atoms. The monoisotopic (exact) mass is 464 g/mol. The van der Waals surface area contributed by atoms with E-state index in [1.54, 1.807) is 25.4 Å². The molecule has 172 valence electrons. The standard InChI is InChI=1S/C25H28N4O3S/c1-3-17-16-29-13-10-18(17)14-23(29)25(28-33(30,31)24-6-4-5-11-27-24)20-9-12-26-22-8-7-19(32-2)15-21(20)22/h3-9,11-12,15,17-18,23,25,28H,1,10,13-14,16H2,2H3/t17?,18?,23?,25-/m1/s1. The van der Waals surface area contributed by atoms with Gasteiger partial charge in [-0.25, -0.2) is 18.1 Å². The normalized spacial score (nSPS) is 25.6. The Kier molecular flexibility index (Phi) is 5.90. The number of ether oxygens (including phenoxy) is 1. The number of rotatable bonds is 7. The third kappa shape index (κ3) is 4.14. The number of fused-ring (bicyclic) bond motifs is 4. The van der Waals surface area contributed by atoms with Gasteiger partial charge >= 0.3 is 0 Å². The maximum atomic E-state index is 13.4. The van der Waals surface area contributed by atoms with Crippen LogP contribution in [0.3, 0.4) is 0 Å². The van der Waals surface area contributed by atoms with Crippen molar-refractivity contribution < 1.29 is 13.2 Å². The highest BCUT2D eigenvalue weighted by molar-refractivity contribution is 7.89. The molecule has 0 saturated carbocycles. The molecule has 8 heteroatoms. The van der Waals surface area contributed by atoms with Crippen LogP contribution in [0.1, 0.15) is 24.4 Å². The van der Waals surface area contributed by atoms with Crippen LogP contribution < -0.4 is 9.46 Å². The highest BCUT2D eigenvalue weighted by Gasteiger charge is 2.44. The highest BCUT2D eigenvalue weighted by Crippen LogP contribution is 2.42. The molecule has 1 N–H and O–H groups in total. The van der Waals surface area contributed by atoms with Gasteiger partial charge in [0.15, 0.2) is 5.03 Å². The molecule has 0 radical (unpaired) electrons. The summed E-state index contributed by atoms with van der Waals surface area (Å²) in [5.74, 6) is 1.65. The maximum absolute atomic E-state index is 13.4. The van der Waals surface area contributed by atoms with Crippen LogP contribution in [0.25, 0.3) is 10.9 Å². The van der Waals surface area contributed by atoms with E-state index in [4.69, 9.17) is 4.74 Å². The summed E-state index contributed by atoms with van der Waals surface area (Å²) in [4.78, 5) is 11.0. The average Bonchev–Trinajstić information content (AvgIpc) is 2.87. The topological polar surface area (TPSA) is 84.4 Å². The fraction of sp³-hybridized carbons (Fsp3) is 0.360. The van der Waals surface area contributed by atoms with Gasteiger partial charge in [-0.2, -0.15) is 0 Å². The quantitative estimate of drug-likeness (QED) is 0.539. The molecule has 0 aliphatic carbocycles. The number of aromatic nitrogens is 2. The second-order valence-electron chi connectivity index (χ2n) is 8.80. The zero-order valence-corrected chi connectivity index (χ0v) is 19.4. The van der Waals surface area contributed by atoms with Crippen molar-refractivity contribution >= 4 is 20.9 Å². The molecule has 1 aromatic carbocycles. The molecule has 3 aliphatic rings. The van der Waals surface area contributed by atoms with Gasteiger partial charge in [0.2, 0.25) is 0 Å². The van der Waals surface area contributed by atoms with E-state index in [9.17, 15) is 8.42 Å². The first-order chi connectivity index (χ1) is 16.0. The molecular weight excluding hydrogens is 436 g/mol. The van der Waals surface area contributed by atoms with E-state index in [-0.39, 0.29) is 11.1 Å². The molecule has 3 saturated heterocycles. The van der Waals surface area contributed by atoms with Gasteiger partial charge in [-0.1, -0.05) is 12.1 Å². The Morgan fingerprint density at radius 1 is 1.21 bits per heavy atom. The van der Waals surface area contributed by atoms with Crippen molar-refractivity contribution in [2.24, 2.45) is 11.8 Å². The summed E-state index contributed by atoms with van der Waals surface area (Å²) in [6, 6.07) is 12.1.